The van der Waals surface area contributed by atoms with Gasteiger partial charge >= 0.3 is 5.97 Å². The number of carbonyl (C=O) groups is 1. The van der Waals surface area contributed by atoms with Gasteiger partial charge in [0.15, 0.2) is 0 Å². The van der Waals surface area contributed by atoms with Gasteiger partial charge < -0.3 is 4.74 Å². The molecule has 4 heteroatoms. The summed E-state index contributed by atoms with van der Waals surface area (Å²) in [6.45, 7) is 0.161. The van der Waals surface area contributed by atoms with Gasteiger partial charge in [-0.15, -0.1) is 0 Å². The molecule has 0 saturated carbocycles. The van der Waals surface area contributed by atoms with Gasteiger partial charge in [-0.3, -0.25) is 4.98 Å². The number of fused-ring (bicyclic) bond motifs is 1. The highest BCUT2D eigenvalue weighted by atomic mass is 19.1. The summed E-state index contributed by atoms with van der Waals surface area (Å²) in [4.78, 5) is 14.5. The summed E-state index contributed by atoms with van der Waals surface area (Å²) in [5.41, 5.74) is 0.751. The summed E-state index contributed by atoms with van der Waals surface area (Å²) in [5, 5.41) is 0. The van der Waals surface area contributed by atoms with Gasteiger partial charge in [0, 0.05) is 0 Å². The second-order valence-corrected chi connectivity index (χ2v) is 2.22. The molecule has 1 aromatic heterocycles. The van der Waals surface area contributed by atoms with Crippen LogP contribution in [-0.2, 0) is 11.3 Å². The van der Waals surface area contributed by atoms with Crippen LogP contribution in [0.25, 0.3) is 0 Å². The Kier molecular flexibility index (Phi) is 1.15. The molecule has 1 aliphatic rings. The minimum Gasteiger partial charge on any atom is -0.456 e. The molecule has 0 aliphatic carbocycles. The molecule has 11 heavy (non-hydrogen) atoms. The van der Waals surface area contributed by atoms with Crippen molar-refractivity contribution in [3.05, 3.63) is 29.3 Å². The number of ether oxygens (including phenoxy) is 1. The fourth-order valence-electron chi connectivity index (χ4n) is 0.971. The van der Waals surface area contributed by atoms with E-state index in [0.717, 1.165) is 12.3 Å². The average Bonchev–Trinajstić information content (AvgIpc) is 2.33. The van der Waals surface area contributed by atoms with Gasteiger partial charge in [-0.1, -0.05) is 0 Å². The van der Waals surface area contributed by atoms with Crippen molar-refractivity contribution in [1.82, 2.24) is 4.98 Å². The van der Waals surface area contributed by atoms with Crippen molar-refractivity contribution in [1.29, 1.82) is 0 Å². The maximum atomic E-state index is 12.5. The van der Waals surface area contributed by atoms with E-state index in [0.29, 0.717) is 5.69 Å². The van der Waals surface area contributed by atoms with E-state index in [-0.39, 0.29) is 12.2 Å². The maximum Gasteiger partial charge on any atom is 0.340 e. The highest BCUT2D eigenvalue weighted by molar-refractivity contribution is 5.92. The van der Waals surface area contributed by atoms with E-state index in [1.54, 1.807) is 0 Å². The molecule has 0 radical (unpaired) electrons. The van der Waals surface area contributed by atoms with Crippen molar-refractivity contribution in [2.24, 2.45) is 0 Å². The first-order chi connectivity index (χ1) is 5.27. The van der Waals surface area contributed by atoms with E-state index >= 15 is 0 Å². The Balaban J connectivity index is 2.60. The Morgan fingerprint density at radius 1 is 1.64 bits per heavy atom. The zero-order valence-electron chi connectivity index (χ0n) is 5.50. The minimum atomic E-state index is -0.511. The number of hydrogen-bond acceptors (Lipinski definition) is 3. The number of pyridine rings is 1. The van der Waals surface area contributed by atoms with Crippen LogP contribution in [0.1, 0.15) is 16.1 Å². The molecule has 0 fully saturated rings. The Labute approximate surface area is 61.8 Å². The predicted molar refractivity (Wildman–Crippen MR) is 33.3 cm³/mol. The van der Waals surface area contributed by atoms with E-state index in [4.69, 9.17) is 0 Å². The normalized spacial score (nSPS) is 14.5. The van der Waals surface area contributed by atoms with E-state index < -0.39 is 11.8 Å². The summed E-state index contributed by atoms with van der Waals surface area (Å²) in [5.74, 6) is -1.00. The first-order valence-corrected chi connectivity index (χ1v) is 3.09. The van der Waals surface area contributed by atoms with Crippen molar-refractivity contribution in [3.63, 3.8) is 0 Å². The van der Waals surface area contributed by atoms with Crippen LogP contribution in [0.2, 0.25) is 0 Å². The van der Waals surface area contributed by atoms with Crippen molar-refractivity contribution >= 4 is 5.97 Å². The van der Waals surface area contributed by atoms with Crippen LogP contribution in [0.3, 0.4) is 0 Å². The smallest absolute Gasteiger partial charge is 0.340 e. The highest BCUT2D eigenvalue weighted by Gasteiger charge is 2.22. The predicted octanol–water partition coefficient (Wildman–Crippen LogP) is 0.891. The van der Waals surface area contributed by atoms with Crippen LogP contribution in [0.5, 0.6) is 0 Å². The molecule has 1 aromatic rings. The molecule has 2 rings (SSSR count). The third-order valence-electron chi connectivity index (χ3n) is 1.50. The number of halogens is 1. The number of rotatable bonds is 0. The largest absolute Gasteiger partial charge is 0.456 e. The Hall–Kier alpha value is -1.45. The van der Waals surface area contributed by atoms with Crippen LogP contribution < -0.4 is 0 Å². The standard InChI is InChI=1S/C7H4FNO2/c8-4-1-5-6(9-2-4)3-11-7(5)10/h1-2H,3H2. The summed E-state index contributed by atoms with van der Waals surface area (Å²) in [6, 6.07) is 1.14. The third kappa shape index (κ3) is 0.869. The Morgan fingerprint density at radius 3 is 3.27 bits per heavy atom. The Bertz CT molecular complexity index is 324. The molecule has 56 valence electrons. The molecule has 3 nitrogen and oxygen atoms in total. The quantitative estimate of drug-likeness (QED) is 0.519. The summed E-state index contributed by atoms with van der Waals surface area (Å²) < 4.78 is 17.1. The lowest BCUT2D eigenvalue weighted by atomic mass is 10.2. The van der Waals surface area contributed by atoms with Crippen molar-refractivity contribution in [2.45, 2.75) is 6.61 Å². The molecule has 0 spiro atoms. The number of nitrogens with zero attached hydrogens (tertiary/aromatic N) is 1. The molecule has 0 bridgehead atoms. The van der Waals surface area contributed by atoms with Gasteiger partial charge in [0.2, 0.25) is 0 Å². The maximum absolute atomic E-state index is 12.5. The fourth-order valence-corrected chi connectivity index (χ4v) is 0.971. The first kappa shape index (κ1) is 6.27. The molecule has 0 N–H and O–H groups in total. The van der Waals surface area contributed by atoms with Crippen molar-refractivity contribution in [3.8, 4) is 0 Å². The summed E-state index contributed by atoms with van der Waals surface area (Å²) >= 11 is 0. The van der Waals surface area contributed by atoms with E-state index in [1.807, 2.05) is 0 Å². The molecular weight excluding hydrogens is 149 g/mol. The lowest BCUT2D eigenvalue weighted by Gasteiger charge is -1.90. The topological polar surface area (TPSA) is 39.2 Å². The minimum absolute atomic E-state index is 0.161. The lowest BCUT2D eigenvalue weighted by Crippen LogP contribution is -1.95. The van der Waals surface area contributed by atoms with E-state index in [1.165, 1.54) is 0 Å². The molecular formula is C7H4FNO2. The lowest BCUT2D eigenvalue weighted by molar-refractivity contribution is 0.0533. The third-order valence-corrected chi connectivity index (χ3v) is 1.50. The van der Waals surface area contributed by atoms with Crippen LogP contribution in [0.15, 0.2) is 12.3 Å². The second kappa shape index (κ2) is 2.02. The van der Waals surface area contributed by atoms with Crippen LogP contribution in [0, 0.1) is 5.82 Å². The average molecular weight is 153 g/mol. The molecule has 2 heterocycles. The van der Waals surface area contributed by atoms with Gasteiger partial charge in [-0.25, -0.2) is 9.18 Å². The Morgan fingerprint density at radius 2 is 2.45 bits per heavy atom. The van der Waals surface area contributed by atoms with Gasteiger partial charge in [0.25, 0.3) is 0 Å². The number of hydrogen-bond donors (Lipinski definition) is 0. The number of aromatic nitrogens is 1. The first-order valence-electron chi connectivity index (χ1n) is 3.09. The molecule has 0 unspecified atom stereocenters. The van der Waals surface area contributed by atoms with Crippen LogP contribution in [-0.4, -0.2) is 11.0 Å². The summed E-state index contributed by atoms with van der Waals surface area (Å²) in [6.07, 6.45) is 1.07. The van der Waals surface area contributed by atoms with Gasteiger partial charge in [0.05, 0.1) is 17.5 Å². The van der Waals surface area contributed by atoms with Crippen molar-refractivity contribution < 1.29 is 13.9 Å². The van der Waals surface area contributed by atoms with E-state index in [2.05, 4.69) is 9.72 Å². The molecule has 0 aromatic carbocycles. The van der Waals surface area contributed by atoms with Crippen LogP contribution in [0.4, 0.5) is 4.39 Å². The SMILES string of the molecule is O=C1OCc2ncc(F)cc21. The molecule has 0 atom stereocenters. The second-order valence-electron chi connectivity index (χ2n) is 2.22. The van der Waals surface area contributed by atoms with Crippen LogP contribution >= 0.6 is 0 Å². The van der Waals surface area contributed by atoms with Crippen molar-refractivity contribution in [2.75, 3.05) is 0 Å². The number of carbonyl (C=O) groups excluding carboxylic acids is 1. The highest BCUT2D eigenvalue weighted by Crippen LogP contribution is 2.17. The number of esters is 1. The van der Waals surface area contributed by atoms with Gasteiger partial charge in [-0.2, -0.15) is 0 Å². The number of cyclic esters (lactones) is 1. The van der Waals surface area contributed by atoms with E-state index in [9.17, 15) is 9.18 Å². The van der Waals surface area contributed by atoms with Gasteiger partial charge in [0.1, 0.15) is 12.4 Å². The monoisotopic (exact) mass is 153 g/mol. The zero-order chi connectivity index (χ0) is 7.84. The molecule has 1 aliphatic heterocycles. The zero-order valence-corrected chi connectivity index (χ0v) is 5.50. The molecule has 0 amide bonds. The molecule has 0 saturated heterocycles. The fraction of sp³-hybridized carbons (Fsp3) is 0.143. The summed E-state index contributed by atoms with van der Waals surface area (Å²) in [7, 11) is 0. The van der Waals surface area contributed by atoms with Gasteiger partial charge in [-0.05, 0) is 6.07 Å².